The number of nitrogens with two attached hydrogens (primary N) is 2. The molecule has 0 spiro atoms. The van der Waals surface area contributed by atoms with Gasteiger partial charge in [-0.15, -0.1) is 0 Å². The highest BCUT2D eigenvalue weighted by Crippen LogP contribution is 2.35. The highest BCUT2D eigenvalue weighted by atomic mass is 15.3. The molecule has 1 aliphatic rings. The van der Waals surface area contributed by atoms with E-state index in [-0.39, 0.29) is 5.95 Å². The van der Waals surface area contributed by atoms with Crippen molar-refractivity contribution in [2.75, 3.05) is 36.0 Å². The molecule has 0 radical (unpaired) electrons. The zero-order valence-electron chi connectivity index (χ0n) is 12.1. The SMILES string of the molecule is CC1CNCCN1c1nc(N)nc(N)c1-c1ccccc1. The van der Waals surface area contributed by atoms with Gasteiger partial charge in [0, 0.05) is 25.7 Å². The summed E-state index contributed by atoms with van der Waals surface area (Å²) in [4.78, 5) is 10.8. The molecule has 0 saturated carbocycles. The van der Waals surface area contributed by atoms with E-state index in [1.54, 1.807) is 0 Å². The summed E-state index contributed by atoms with van der Waals surface area (Å²) < 4.78 is 0. The normalized spacial score (nSPS) is 18.7. The van der Waals surface area contributed by atoms with Crippen LogP contribution in [0.3, 0.4) is 0 Å². The highest BCUT2D eigenvalue weighted by molar-refractivity contribution is 5.85. The van der Waals surface area contributed by atoms with Crippen molar-refractivity contribution in [2.45, 2.75) is 13.0 Å². The van der Waals surface area contributed by atoms with Gasteiger partial charge in [0.15, 0.2) is 0 Å². The number of hydrogen-bond donors (Lipinski definition) is 3. The lowest BCUT2D eigenvalue weighted by molar-refractivity contribution is 0.497. The average Bonchev–Trinajstić information content (AvgIpc) is 2.48. The van der Waals surface area contributed by atoms with Gasteiger partial charge in [0.1, 0.15) is 11.6 Å². The molecule has 6 nitrogen and oxygen atoms in total. The molecular weight excluding hydrogens is 264 g/mol. The number of nitrogens with one attached hydrogen (secondary N) is 1. The number of benzene rings is 1. The molecule has 1 unspecified atom stereocenters. The Kier molecular flexibility index (Phi) is 3.62. The van der Waals surface area contributed by atoms with Crippen molar-refractivity contribution in [3.8, 4) is 11.1 Å². The van der Waals surface area contributed by atoms with Gasteiger partial charge in [-0.25, -0.2) is 0 Å². The predicted octanol–water partition coefficient (Wildman–Crippen LogP) is 1.11. The number of rotatable bonds is 2. The quantitative estimate of drug-likeness (QED) is 0.765. The van der Waals surface area contributed by atoms with Gasteiger partial charge in [-0.2, -0.15) is 9.97 Å². The molecule has 0 aliphatic carbocycles. The van der Waals surface area contributed by atoms with Crippen LogP contribution < -0.4 is 21.7 Å². The molecule has 1 atom stereocenters. The number of aromatic nitrogens is 2. The Hall–Kier alpha value is -2.34. The van der Waals surface area contributed by atoms with E-state index < -0.39 is 0 Å². The molecule has 1 aliphatic heterocycles. The number of anilines is 3. The second kappa shape index (κ2) is 5.57. The van der Waals surface area contributed by atoms with Crippen LogP contribution in [-0.4, -0.2) is 35.6 Å². The van der Waals surface area contributed by atoms with Gasteiger partial charge in [-0.05, 0) is 12.5 Å². The summed E-state index contributed by atoms with van der Waals surface area (Å²) in [6.07, 6.45) is 0. The smallest absolute Gasteiger partial charge is 0.223 e. The van der Waals surface area contributed by atoms with Crippen molar-refractivity contribution in [3.05, 3.63) is 30.3 Å². The topological polar surface area (TPSA) is 93.1 Å². The summed E-state index contributed by atoms with van der Waals surface area (Å²) in [7, 11) is 0. The lowest BCUT2D eigenvalue weighted by atomic mass is 10.1. The lowest BCUT2D eigenvalue weighted by Gasteiger charge is -2.36. The van der Waals surface area contributed by atoms with Crippen LogP contribution >= 0.6 is 0 Å². The summed E-state index contributed by atoms with van der Waals surface area (Å²) in [5.41, 5.74) is 13.8. The van der Waals surface area contributed by atoms with Crippen molar-refractivity contribution in [2.24, 2.45) is 0 Å². The third-order valence-electron chi connectivity index (χ3n) is 3.77. The third-order valence-corrected chi connectivity index (χ3v) is 3.77. The van der Waals surface area contributed by atoms with Gasteiger partial charge in [0.25, 0.3) is 0 Å². The zero-order chi connectivity index (χ0) is 14.8. The minimum absolute atomic E-state index is 0.216. The molecule has 1 saturated heterocycles. The molecule has 5 N–H and O–H groups in total. The van der Waals surface area contributed by atoms with Gasteiger partial charge >= 0.3 is 0 Å². The van der Waals surface area contributed by atoms with E-state index in [1.807, 2.05) is 30.3 Å². The van der Waals surface area contributed by atoms with E-state index in [4.69, 9.17) is 11.5 Å². The maximum absolute atomic E-state index is 6.13. The molecule has 110 valence electrons. The van der Waals surface area contributed by atoms with Crippen molar-refractivity contribution in [3.63, 3.8) is 0 Å². The molecule has 1 fully saturated rings. The number of nitrogens with zero attached hydrogens (tertiary/aromatic N) is 3. The van der Waals surface area contributed by atoms with Crippen LogP contribution in [0.4, 0.5) is 17.6 Å². The van der Waals surface area contributed by atoms with E-state index in [9.17, 15) is 0 Å². The Labute approximate surface area is 124 Å². The first-order chi connectivity index (χ1) is 10.2. The fourth-order valence-electron chi connectivity index (χ4n) is 2.73. The van der Waals surface area contributed by atoms with Crippen LogP contribution in [-0.2, 0) is 0 Å². The summed E-state index contributed by atoms with van der Waals surface area (Å²) >= 11 is 0. The highest BCUT2D eigenvalue weighted by Gasteiger charge is 2.24. The van der Waals surface area contributed by atoms with Crippen molar-refractivity contribution in [1.29, 1.82) is 0 Å². The lowest BCUT2D eigenvalue weighted by Crippen LogP contribution is -2.50. The minimum Gasteiger partial charge on any atom is -0.383 e. The molecule has 2 heterocycles. The van der Waals surface area contributed by atoms with E-state index in [2.05, 4.69) is 27.1 Å². The van der Waals surface area contributed by atoms with Gasteiger partial charge < -0.3 is 21.7 Å². The van der Waals surface area contributed by atoms with Gasteiger partial charge in [0.05, 0.1) is 5.56 Å². The Balaban J connectivity index is 2.14. The van der Waals surface area contributed by atoms with Crippen LogP contribution in [0, 0.1) is 0 Å². The fourth-order valence-corrected chi connectivity index (χ4v) is 2.73. The molecule has 3 rings (SSSR count). The van der Waals surface area contributed by atoms with E-state index in [0.717, 1.165) is 36.6 Å². The number of hydrogen-bond acceptors (Lipinski definition) is 6. The largest absolute Gasteiger partial charge is 0.383 e. The zero-order valence-corrected chi connectivity index (χ0v) is 12.1. The molecule has 6 heteroatoms. The summed E-state index contributed by atoms with van der Waals surface area (Å²) in [5.74, 6) is 1.46. The van der Waals surface area contributed by atoms with E-state index in [0.29, 0.717) is 11.9 Å². The maximum atomic E-state index is 6.13. The Morgan fingerprint density at radius 3 is 2.67 bits per heavy atom. The Morgan fingerprint density at radius 2 is 1.95 bits per heavy atom. The van der Waals surface area contributed by atoms with Crippen LogP contribution in [0.25, 0.3) is 11.1 Å². The summed E-state index contributed by atoms with van der Waals surface area (Å²) in [6, 6.07) is 10.3. The van der Waals surface area contributed by atoms with Gasteiger partial charge in [0.2, 0.25) is 5.95 Å². The second-order valence-corrected chi connectivity index (χ2v) is 5.28. The van der Waals surface area contributed by atoms with Gasteiger partial charge in [-0.1, -0.05) is 30.3 Å². The first-order valence-corrected chi connectivity index (χ1v) is 7.12. The number of piperazine rings is 1. The summed E-state index contributed by atoms with van der Waals surface area (Å²) in [6.45, 7) is 4.87. The summed E-state index contributed by atoms with van der Waals surface area (Å²) in [5, 5.41) is 3.38. The molecule has 0 bridgehead atoms. The van der Waals surface area contributed by atoms with Crippen LogP contribution in [0.1, 0.15) is 6.92 Å². The maximum Gasteiger partial charge on any atom is 0.223 e. The van der Waals surface area contributed by atoms with Crippen LogP contribution in [0.2, 0.25) is 0 Å². The predicted molar refractivity (Wildman–Crippen MR) is 86.0 cm³/mol. The average molecular weight is 284 g/mol. The van der Waals surface area contributed by atoms with Crippen molar-refractivity contribution >= 4 is 17.6 Å². The van der Waals surface area contributed by atoms with Crippen LogP contribution in [0.5, 0.6) is 0 Å². The molecule has 0 amide bonds. The fraction of sp³-hybridized carbons (Fsp3) is 0.333. The molecule has 1 aromatic carbocycles. The third kappa shape index (κ3) is 2.62. The first-order valence-electron chi connectivity index (χ1n) is 7.12. The second-order valence-electron chi connectivity index (χ2n) is 5.28. The van der Waals surface area contributed by atoms with Crippen molar-refractivity contribution < 1.29 is 0 Å². The standard InChI is InChI=1S/C15H20N6/c1-10-9-18-7-8-21(10)14-12(11-5-3-2-4-6-11)13(16)19-15(17)20-14/h2-6,10,18H,7-9H2,1H3,(H4,16,17,19,20). The monoisotopic (exact) mass is 284 g/mol. The molecule has 21 heavy (non-hydrogen) atoms. The molecule has 1 aromatic heterocycles. The number of nitrogen functional groups attached to an aromatic ring is 2. The molecular formula is C15H20N6. The van der Waals surface area contributed by atoms with Gasteiger partial charge in [-0.3, -0.25) is 0 Å². The van der Waals surface area contributed by atoms with Crippen molar-refractivity contribution in [1.82, 2.24) is 15.3 Å². The van der Waals surface area contributed by atoms with E-state index >= 15 is 0 Å². The van der Waals surface area contributed by atoms with E-state index in [1.165, 1.54) is 0 Å². The van der Waals surface area contributed by atoms with Crippen LogP contribution in [0.15, 0.2) is 30.3 Å². The molecule has 2 aromatic rings. The first kappa shape index (κ1) is 13.6. The Morgan fingerprint density at radius 1 is 1.19 bits per heavy atom. The Bertz CT molecular complexity index is 628. The minimum atomic E-state index is 0.216.